The normalized spacial score (nSPS) is 14.5. The van der Waals surface area contributed by atoms with Crippen LogP contribution in [0, 0.1) is 6.92 Å². The van der Waals surface area contributed by atoms with Crippen molar-refractivity contribution in [3.05, 3.63) is 89.4 Å². The SMILES string of the molecule is Cc1ccc(Oc2nc(-c3cccnc3)nc3c2cnn3C)cc1NC(=O)c1ccc(CN2CCN(C)CC2)c(C(F)(F)F)c1. The smallest absolute Gasteiger partial charge is 0.416 e. The molecule has 4 heterocycles. The van der Waals surface area contributed by atoms with Gasteiger partial charge in [0.1, 0.15) is 11.1 Å². The third-order valence-corrected chi connectivity index (χ3v) is 7.82. The van der Waals surface area contributed by atoms with E-state index in [9.17, 15) is 18.0 Å². The largest absolute Gasteiger partial charge is 0.438 e. The number of anilines is 1. The van der Waals surface area contributed by atoms with Crippen LogP contribution in [0.25, 0.3) is 22.4 Å². The molecule has 232 valence electrons. The van der Waals surface area contributed by atoms with Crippen LogP contribution < -0.4 is 10.1 Å². The zero-order valence-corrected chi connectivity index (χ0v) is 25.0. The number of halogens is 3. The number of piperazine rings is 1. The van der Waals surface area contributed by atoms with Gasteiger partial charge in [-0.1, -0.05) is 12.1 Å². The fraction of sp³-hybridized carbons (Fsp3) is 0.281. The van der Waals surface area contributed by atoms with Crippen LogP contribution in [0.15, 0.2) is 67.1 Å². The maximum Gasteiger partial charge on any atom is 0.416 e. The Balaban J connectivity index is 1.25. The van der Waals surface area contributed by atoms with E-state index >= 15 is 0 Å². The highest BCUT2D eigenvalue weighted by atomic mass is 19.4. The molecule has 1 saturated heterocycles. The molecular formula is C32H31F3N8O2. The Labute approximate surface area is 257 Å². The molecule has 0 aliphatic carbocycles. The molecular weight excluding hydrogens is 585 g/mol. The van der Waals surface area contributed by atoms with Crippen molar-refractivity contribution in [1.29, 1.82) is 0 Å². The van der Waals surface area contributed by atoms with Gasteiger partial charge in [0, 0.05) is 75.0 Å². The first-order valence-corrected chi connectivity index (χ1v) is 14.4. The zero-order chi connectivity index (χ0) is 31.7. The van der Waals surface area contributed by atoms with Crippen LogP contribution in [0.1, 0.15) is 27.0 Å². The van der Waals surface area contributed by atoms with Gasteiger partial charge in [-0.15, -0.1) is 0 Å². The van der Waals surface area contributed by atoms with Crippen molar-refractivity contribution in [3.63, 3.8) is 0 Å². The molecule has 0 radical (unpaired) electrons. The molecule has 1 aliphatic rings. The van der Waals surface area contributed by atoms with Crippen LogP contribution in [0.5, 0.6) is 11.6 Å². The van der Waals surface area contributed by atoms with Crippen LogP contribution in [-0.4, -0.2) is 73.7 Å². The second-order valence-electron chi connectivity index (χ2n) is 11.1. The van der Waals surface area contributed by atoms with Crippen molar-refractivity contribution in [1.82, 2.24) is 34.5 Å². The number of aromatic nitrogens is 5. The number of nitrogens with one attached hydrogen (secondary N) is 1. The molecule has 0 atom stereocenters. The molecule has 3 aromatic heterocycles. The van der Waals surface area contributed by atoms with Gasteiger partial charge < -0.3 is 15.0 Å². The number of likely N-dealkylation sites (N-methyl/N-ethyl adjacent to an activating group) is 1. The summed E-state index contributed by atoms with van der Waals surface area (Å²) in [5.41, 5.74) is 1.57. The molecule has 10 nitrogen and oxygen atoms in total. The van der Waals surface area contributed by atoms with Gasteiger partial charge in [-0.3, -0.25) is 19.4 Å². The molecule has 5 aromatic rings. The number of hydrogen-bond donors (Lipinski definition) is 1. The maximum absolute atomic E-state index is 14.1. The van der Waals surface area contributed by atoms with Gasteiger partial charge in [0.2, 0.25) is 5.88 Å². The van der Waals surface area contributed by atoms with Crippen LogP contribution in [0.4, 0.5) is 18.9 Å². The quantitative estimate of drug-likeness (QED) is 0.254. The summed E-state index contributed by atoms with van der Waals surface area (Å²) in [5.74, 6) is 0.336. The summed E-state index contributed by atoms with van der Waals surface area (Å²) in [4.78, 5) is 30.7. The predicted octanol–water partition coefficient (Wildman–Crippen LogP) is 5.54. The van der Waals surface area contributed by atoms with Crippen molar-refractivity contribution in [2.75, 3.05) is 38.5 Å². The van der Waals surface area contributed by atoms with E-state index < -0.39 is 17.6 Å². The van der Waals surface area contributed by atoms with Crippen molar-refractivity contribution >= 4 is 22.6 Å². The number of carbonyl (C=O) groups excluding carboxylic acids is 1. The first-order valence-electron chi connectivity index (χ1n) is 14.4. The number of alkyl halides is 3. The molecule has 6 rings (SSSR count). The van der Waals surface area contributed by atoms with Crippen LogP contribution >= 0.6 is 0 Å². The first-order chi connectivity index (χ1) is 21.5. The average molecular weight is 617 g/mol. The summed E-state index contributed by atoms with van der Waals surface area (Å²) in [6.07, 6.45) is 0.286. The highest BCUT2D eigenvalue weighted by Crippen LogP contribution is 2.35. The summed E-state index contributed by atoms with van der Waals surface area (Å²) in [5, 5.41) is 7.61. The van der Waals surface area contributed by atoms with Crippen molar-refractivity contribution in [3.8, 4) is 23.0 Å². The number of fused-ring (bicyclic) bond motifs is 1. The molecule has 1 aliphatic heterocycles. The summed E-state index contributed by atoms with van der Waals surface area (Å²) in [7, 11) is 3.75. The van der Waals surface area contributed by atoms with Gasteiger partial charge in [-0.05, 0) is 55.4 Å². The van der Waals surface area contributed by atoms with E-state index in [1.54, 1.807) is 61.5 Å². The monoisotopic (exact) mass is 616 g/mol. The van der Waals surface area contributed by atoms with Crippen LogP contribution in [-0.2, 0) is 19.8 Å². The number of carbonyl (C=O) groups is 1. The number of amides is 1. The Hall–Kier alpha value is -4.88. The number of aryl methyl sites for hydroxylation is 2. The summed E-state index contributed by atoms with van der Waals surface area (Å²) in [6, 6.07) is 12.4. The summed E-state index contributed by atoms with van der Waals surface area (Å²) in [6.45, 7) is 4.89. The topological polar surface area (TPSA) is 101 Å². The fourth-order valence-corrected chi connectivity index (χ4v) is 5.17. The lowest BCUT2D eigenvalue weighted by atomic mass is 10.0. The van der Waals surface area contributed by atoms with E-state index in [1.807, 2.05) is 18.0 Å². The Kier molecular flexibility index (Phi) is 8.21. The molecule has 0 saturated carbocycles. The van der Waals surface area contributed by atoms with Gasteiger partial charge in [0.15, 0.2) is 11.5 Å². The lowest BCUT2D eigenvalue weighted by Gasteiger charge is -2.33. The molecule has 1 amide bonds. The Morgan fingerprint density at radius 2 is 1.80 bits per heavy atom. The minimum absolute atomic E-state index is 0.0934. The van der Waals surface area contributed by atoms with E-state index in [0.717, 1.165) is 19.2 Å². The van der Waals surface area contributed by atoms with E-state index in [1.165, 1.54) is 12.1 Å². The molecule has 1 N–H and O–H groups in total. The standard InChI is InChI=1S/C32H31F3N8O2/c1-20-6-9-24(45-31-25-18-37-42(3)29(25)39-28(40-31)22-5-4-10-36-17-22)16-27(20)38-30(44)21-7-8-23(26(15-21)32(33,34)35)19-43-13-11-41(2)12-14-43/h4-10,15-18H,11-14,19H2,1-3H3,(H,38,44). The number of nitrogens with zero attached hydrogens (tertiary/aromatic N) is 7. The van der Waals surface area contributed by atoms with E-state index in [-0.39, 0.29) is 23.6 Å². The molecule has 1 fully saturated rings. The second kappa shape index (κ2) is 12.3. The average Bonchev–Trinajstić information content (AvgIpc) is 3.40. The van der Waals surface area contributed by atoms with Gasteiger partial charge in [0.25, 0.3) is 5.91 Å². The van der Waals surface area contributed by atoms with Crippen LogP contribution in [0.2, 0.25) is 0 Å². The van der Waals surface area contributed by atoms with Crippen molar-refractivity contribution < 1.29 is 22.7 Å². The summed E-state index contributed by atoms with van der Waals surface area (Å²) < 4.78 is 50.1. The minimum Gasteiger partial charge on any atom is -0.438 e. The van der Waals surface area contributed by atoms with Gasteiger partial charge >= 0.3 is 6.18 Å². The summed E-state index contributed by atoms with van der Waals surface area (Å²) >= 11 is 0. The Bertz CT molecular complexity index is 1850. The van der Waals surface area contributed by atoms with Gasteiger partial charge in [-0.25, -0.2) is 4.98 Å². The lowest BCUT2D eigenvalue weighted by Crippen LogP contribution is -2.44. The predicted molar refractivity (Wildman–Crippen MR) is 163 cm³/mol. The molecule has 0 spiro atoms. The molecule has 45 heavy (non-hydrogen) atoms. The third kappa shape index (κ3) is 6.64. The fourth-order valence-electron chi connectivity index (χ4n) is 5.17. The van der Waals surface area contributed by atoms with Gasteiger partial charge in [0.05, 0.1) is 11.8 Å². The van der Waals surface area contributed by atoms with Crippen LogP contribution in [0.3, 0.4) is 0 Å². The van der Waals surface area contributed by atoms with Gasteiger partial charge in [-0.2, -0.15) is 23.3 Å². The lowest BCUT2D eigenvalue weighted by molar-refractivity contribution is -0.138. The number of benzene rings is 2. The Morgan fingerprint density at radius 3 is 2.53 bits per heavy atom. The minimum atomic E-state index is -4.61. The maximum atomic E-state index is 14.1. The van der Waals surface area contributed by atoms with E-state index in [2.05, 4.69) is 30.3 Å². The third-order valence-electron chi connectivity index (χ3n) is 7.82. The molecule has 0 unspecified atom stereocenters. The molecule has 2 aromatic carbocycles. The second-order valence-corrected chi connectivity index (χ2v) is 11.1. The number of rotatable bonds is 7. The molecule has 0 bridgehead atoms. The Morgan fingerprint density at radius 1 is 1.00 bits per heavy atom. The van der Waals surface area contributed by atoms with Crippen molar-refractivity contribution in [2.45, 2.75) is 19.6 Å². The van der Waals surface area contributed by atoms with E-state index in [0.29, 0.717) is 52.5 Å². The zero-order valence-electron chi connectivity index (χ0n) is 25.0. The number of ether oxygens (including phenoxy) is 1. The molecule has 13 heteroatoms. The number of hydrogen-bond acceptors (Lipinski definition) is 8. The number of pyridine rings is 1. The highest BCUT2D eigenvalue weighted by Gasteiger charge is 2.34. The first kappa shape index (κ1) is 30.2. The van der Waals surface area contributed by atoms with E-state index in [4.69, 9.17) is 4.74 Å². The van der Waals surface area contributed by atoms with Crippen molar-refractivity contribution in [2.24, 2.45) is 7.05 Å². The highest BCUT2D eigenvalue weighted by molar-refractivity contribution is 6.05.